The number of nitrogens with zero attached hydrogens (tertiary/aromatic N) is 7. The van der Waals surface area contributed by atoms with Crippen molar-refractivity contribution in [3.05, 3.63) is 24.7 Å². The van der Waals surface area contributed by atoms with Crippen molar-refractivity contribution in [3.63, 3.8) is 0 Å². The molecule has 10 atom stereocenters. The summed E-state index contributed by atoms with van der Waals surface area (Å²) in [5.74, 6) is -0.174. The van der Waals surface area contributed by atoms with Crippen molar-refractivity contribution in [1.82, 2.24) is 29.1 Å². The lowest BCUT2D eigenvalue weighted by atomic mass is 10.1. The third-order valence-corrected chi connectivity index (χ3v) is 9.89. The standard InChI is InChI=1S/C21H23FN8O11P2S/c22-11-15-9(38-20(11)29-7-28-13-17(23)25-5-26-19(13)29)3-36-42(33,34)40-16-10(4-37-43(35,44)41-15)39-21(14(16)32)30-6-27-12-8(31)1-2-24-18(12)30/h2,5-7,9-11,14-16,20-21,32H,1,3-4H2,(H,33,34)(H,35,44)(H2,23,25,26)/t9-,10-,11-,14-,15-,16-,20-,21-,43?/m1/s1. The average Bonchev–Trinajstić information content (AvgIpc) is 3.73. The number of alkyl halides is 1. The first-order valence-corrected chi connectivity index (χ1v) is 17.0. The van der Waals surface area contributed by atoms with Crippen LogP contribution in [0.2, 0.25) is 0 Å². The lowest BCUT2D eigenvalue weighted by Crippen LogP contribution is -2.38. The Bertz CT molecular complexity index is 1760. The van der Waals surface area contributed by atoms with Crippen molar-refractivity contribution >= 4 is 61.1 Å². The molecule has 3 aromatic heterocycles. The van der Waals surface area contributed by atoms with Gasteiger partial charge in [0, 0.05) is 12.6 Å². The number of aliphatic imine (C=N–C) groups is 1. The Morgan fingerprint density at radius 2 is 1.73 bits per heavy atom. The normalized spacial score (nSPS) is 39.4. The second-order valence-corrected chi connectivity index (χ2v) is 14.3. The first kappa shape index (κ1) is 30.0. The van der Waals surface area contributed by atoms with E-state index in [9.17, 15) is 24.3 Å². The summed E-state index contributed by atoms with van der Waals surface area (Å²) in [5.41, 5.74) is 6.17. The number of nitrogen functional groups attached to an aromatic ring is 1. The number of fused-ring (bicyclic) bond motifs is 4. The van der Waals surface area contributed by atoms with Gasteiger partial charge in [-0.2, -0.15) is 0 Å². The van der Waals surface area contributed by atoms with Crippen LogP contribution >= 0.6 is 14.5 Å². The predicted molar refractivity (Wildman–Crippen MR) is 146 cm³/mol. The Kier molecular flexibility index (Phi) is 7.51. The Morgan fingerprint density at radius 1 is 1.00 bits per heavy atom. The Hall–Kier alpha value is -2.65. The molecule has 0 spiro atoms. The number of ketones is 1. The number of phosphoric ester groups is 1. The highest BCUT2D eigenvalue weighted by atomic mass is 32.5. The highest BCUT2D eigenvalue weighted by molar-refractivity contribution is 8.07. The van der Waals surface area contributed by atoms with Gasteiger partial charge in [-0.1, -0.05) is 0 Å². The molecular formula is C21H23FN8O11P2S. The van der Waals surface area contributed by atoms with Crippen molar-refractivity contribution in [2.24, 2.45) is 4.99 Å². The number of carbonyl (C=O) groups is 1. The minimum absolute atomic E-state index is 0.0391. The summed E-state index contributed by atoms with van der Waals surface area (Å²) in [4.78, 5) is 53.9. The van der Waals surface area contributed by atoms with E-state index in [4.69, 9.17) is 45.1 Å². The van der Waals surface area contributed by atoms with Crippen molar-refractivity contribution in [3.8, 4) is 0 Å². The fraction of sp³-hybridized carbons (Fsp3) is 0.524. The Balaban J connectivity index is 1.16. The van der Waals surface area contributed by atoms with Gasteiger partial charge in [0.1, 0.15) is 42.4 Å². The monoisotopic (exact) mass is 676 g/mol. The molecule has 3 fully saturated rings. The summed E-state index contributed by atoms with van der Waals surface area (Å²) in [7, 11) is -5.01. The van der Waals surface area contributed by atoms with E-state index in [0.29, 0.717) is 0 Å². The fourth-order valence-electron chi connectivity index (χ4n) is 5.33. The lowest BCUT2D eigenvalue weighted by molar-refractivity contribution is -0.0627. The number of rotatable bonds is 2. The number of nitrogens with two attached hydrogens (primary N) is 1. The molecule has 0 bridgehead atoms. The van der Waals surface area contributed by atoms with Crippen LogP contribution in [0.1, 0.15) is 29.4 Å². The van der Waals surface area contributed by atoms with E-state index in [1.165, 1.54) is 28.0 Å². The van der Waals surface area contributed by atoms with E-state index in [1.54, 1.807) is 0 Å². The summed E-state index contributed by atoms with van der Waals surface area (Å²) >= 11 is 5.14. The zero-order chi connectivity index (χ0) is 31.0. The number of aliphatic hydroxyl groups excluding tert-OH is 1. The molecule has 0 aromatic carbocycles. The molecule has 3 saturated heterocycles. The fourth-order valence-corrected chi connectivity index (χ4v) is 7.73. The Labute approximate surface area is 250 Å². The van der Waals surface area contributed by atoms with Gasteiger partial charge in [0.05, 0.1) is 25.9 Å². The number of hydrogen-bond acceptors (Lipinski definition) is 16. The topological polar surface area (TPSA) is 250 Å². The number of ether oxygens (including phenoxy) is 2. The zero-order valence-electron chi connectivity index (χ0n) is 22.0. The van der Waals surface area contributed by atoms with Gasteiger partial charge in [-0.15, -0.1) is 0 Å². The van der Waals surface area contributed by atoms with Gasteiger partial charge < -0.3 is 34.6 Å². The van der Waals surface area contributed by atoms with E-state index in [0.717, 1.165) is 6.33 Å². The molecule has 0 saturated carbocycles. The van der Waals surface area contributed by atoms with Crippen LogP contribution in [0.4, 0.5) is 16.0 Å². The van der Waals surface area contributed by atoms with Crippen LogP contribution in [0.25, 0.3) is 11.2 Å². The second kappa shape index (κ2) is 11.0. The summed E-state index contributed by atoms with van der Waals surface area (Å²) < 4.78 is 64.5. The first-order chi connectivity index (χ1) is 20.9. The molecular weight excluding hydrogens is 653 g/mol. The van der Waals surface area contributed by atoms with E-state index >= 15 is 4.39 Å². The molecule has 2 unspecified atom stereocenters. The van der Waals surface area contributed by atoms with Crippen LogP contribution < -0.4 is 5.73 Å². The molecule has 7 rings (SSSR count). The van der Waals surface area contributed by atoms with Gasteiger partial charge in [-0.05, 0) is 11.8 Å². The van der Waals surface area contributed by atoms with Crippen LogP contribution in [-0.2, 0) is 43.9 Å². The summed E-state index contributed by atoms with van der Waals surface area (Å²) in [6, 6.07) is 0. The SMILES string of the molecule is Nc1ncnc2c1ncn2[C@@H]1O[C@@H]2COP(=O)(O)O[C@H]3[C@@H](O)[C@H](n4cnc5c4N=CCC5=O)O[C@@H]3COP(O)(=S)O[C@H]2[C@H]1F. The number of hydrogen-bond donors (Lipinski definition) is 4. The molecule has 236 valence electrons. The molecule has 7 heterocycles. The van der Waals surface area contributed by atoms with E-state index < -0.39 is 76.9 Å². The van der Waals surface area contributed by atoms with Crippen molar-refractivity contribution < 1.29 is 56.2 Å². The summed E-state index contributed by atoms with van der Waals surface area (Å²) in [6.07, 6.45) is -7.52. The molecule has 5 N–H and O–H groups in total. The number of carbonyl (C=O) groups excluding carboxylic acids is 1. The molecule has 3 aromatic rings. The van der Waals surface area contributed by atoms with E-state index in [-0.39, 0.29) is 40.7 Å². The van der Waals surface area contributed by atoms with Gasteiger partial charge in [-0.3, -0.25) is 27.5 Å². The first-order valence-electron chi connectivity index (χ1n) is 12.9. The summed E-state index contributed by atoms with van der Waals surface area (Å²) in [5, 5.41) is 11.1. The molecule has 0 aliphatic carbocycles. The maximum Gasteiger partial charge on any atom is 0.472 e. The zero-order valence-corrected chi connectivity index (χ0v) is 24.7. The minimum Gasteiger partial charge on any atom is -0.386 e. The molecule has 0 radical (unpaired) electrons. The van der Waals surface area contributed by atoms with E-state index in [1.807, 2.05) is 0 Å². The van der Waals surface area contributed by atoms with Crippen LogP contribution in [0.15, 0.2) is 24.0 Å². The molecule has 19 nitrogen and oxygen atoms in total. The Morgan fingerprint density at radius 3 is 2.55 bits per heavy atom. The van der Waals surface area contributed by atoms with Gasteiger partial charge in [0.15, 0.2) is 47.4 Å². The number of Topliss-reactive ketones (excluding diaryl/α,β-unsaturated/α-hetero) is 1. The number of imidazole rings is 2. The number of aromatic nitrogens is 6. The average molecular weight is 676 g/mol. The minimum atomic E-state index is -5.01. The molecule has 4 aliphatic heterocycles. The molecule has 0 amide bonds. The van der Waals surface area contributed by atoms with Gasteiger partial charge in [0.2, 0.25) is 0 Å². The second-order valence-electron chi connectivity index (χ2n) is 10.1. The smallest absolute Gasteiger partial charge is 0.386 e. The number of aliphatic hydroxyl groups is 1. The maximum absolute atomic E-state index is 15.9. The van der Waals surface area contributed by atoms with Crippen LogP contribution in [0.5, 0.6) is 0 Å². The largest absolute Gasteiger partial charge is 0.472 e. The highest BCUT2D eigenvalue weighted by Crippen LogP contribution is 2.54. The van der Waals surface area contributed by atoms with E-state index in [2.05, 4.69) is 24.9 Å². The van der Waals surface area contributed by atoms with Crippen LogP contribution in [0.3, 0.4) is 0 Å². The molecule has 44 heavy (non-hydrogen) atoms. The van der Waals surface area contributed by atoms with Crippen molar-refractivity contribution in [1.29, 1.82) is 0 Å². The van der Waals surface area contributed by atoms with Gasteiger partial charge in [-0.25, -0.2) is 33.9 Å². The van der Waals surface area contributed by atoms with Crippen LogP contribution in [0, 0.1) is 0 Å². The molecule has 4 aliphatic rings. The van der Waals surface area contributed by atoms with Gasteiger partial charge in [0.25, 0.3) is 0 Å². The lowest BCUT2D eigenvalue weighted by Gasteiger charge is -2.29. The number of anilines is 1. The number of phosphoric acid groups is 1. The van der Waals surface area contributed by atoms with Crippen molar-refractivity contribution in [2.75, 3.05) is 18.9 Å². The summed E-state index contributed by atoms with van der Waals surface area (Å²) in [6.45, 7) is -5.67. The third kappa shape index (κ3) is 5.21. The third-order valence-electron chi connectivity index (χ3n) is 7.35. The van der Waals surface area contributed by atoms with Gasteiger partial charge >= 0.3 is 14.5 Å². The van der Waals surface area contributed by atoms with Crippen LogP contribution in [-0.4, -0.2) is 106 Å². The molecule has 23 heteroatoms. The highest BCUT2D eigenvalue weighted by Gasteiger charge is 2.54. The number of halogens is 1. The quantitative estimate of drug-likeness (QED) is 0.265. The van der Waals surface area contributed by atoms with Crippen molar-refractivity contribution in [2.45, 2.75) is 55.6 Å². The maximum atomic E-state index is 15.9. The predicted octanol–water partition coefficient (Wildman–Crippen LogP) is 0.222.